The number of piperidine rings is 1. The fourth-order valence-corrected chi connectivity index (χ4v) is 5.52. The quantitative estimate of drug-likeness (QED) is 0.771. The van der Waals surface area contributed by atoms with E-state index in [9.17, 15) is 4.79 Å². The molecule has 1 aliphatic carbocycles. The molecule has 0 saturated carbocycles. The number of hydrogen-bond donors (Lipinski definition) is 2. The minimum absolute atomic E-state index is 0.151. The number of methoxy groups -OCH3 is 1. The van der Waals surface area contributed by atoms with Crippen molar-refractivity contribution >= 4 is 34.1 Å². The molecule has 1 aromatic carbocycles. The van der Waals surface area contributed by atoms with Crippen LogP contribution in [0.25, 0.3) is 10.9 Å². The van der Waals surface area contributed by atoms with Crippen LogP contribution in [-0.4, -0.2) is 53.8 Å². The van der Waals surface area contributed by atoms with Crippen molar-refractivity contribution < 1.29 is 9.53 Å². The van der Waals surface area contributed by atoms with Crippen LogP contribution in [0.4, 0.5) is 0 Å². The molecule has 28 heavy (non-hydrogen) atoms. The Hall–Kier alpha value is -1.96. The Kier molecular flexibility index (Phi) is 4.93. The Balaban J connectivity index is 1.67. The second-order valence-corrected chi connectivity index (χ2v) is 8.59. The summed E-state index contributed by atoms with van der Waals surface area (Å²) in [6.07, 6.45) is 4.17. The number of aromatic nitrogens is 1. The zero-order valence-corrected chi connectivity index (χ0v) is 17.7. The van der Waals surface area contributed by atoms with Crippen molar-refractivity contribution in [1.82, 2.24) is 20.1 Å². The predicted octanol–water partition coefficient (Wildman–Crippen LogP) is 1.91. The molecule has 4 rings (SSSR count). The van der Waals surface area contributed by atoms with E-state index in [4.69, 9.17) is 17.0 Å². The van der Waals surface area contributed by atoms with Gasteiger partial charge in [0, 0.05) is 57.3 Å². The molecule has 1 amide bonds. The number of likely N-dealkylation sites (N-methyl/N-ethyl adjacent to an activating group) is 1. The smallest absolute Gasteiger partial charge is 0.222 e. The molecule has 0 radical (unpaired) electrons. The number of thiocarbonyl (C=S) groups is 1. The molecule has 2 N–H and O–H groups in total. The Morgan fingerprint density at radius 3 is 2.89 bits per heavy atom. The molecule has 1 aliphatic heterocycles. The molecule has 7 heteroatoms. The minimum Gasteiger partial charge on any atom is -0.372 e. The van der Waals surface area contributed by atoms with Crippen molar-refractivity contribution in [3.63, 3.8) is 0 Å². The summed E-state index contributed by atoms with van der Waals surface area (Å²) < 4.78 is 8.55. The van der Waals surface area contributed by atoms with Crippen molar-refractivity contribution in [2.75, 3.05) is 27.2 Å². The van der Waals surface area contributed by atoms with Crippen LogP contribution in [0.15, 0.2) is 24.4 Å². The number of nitrogens with zero attached hydrogens (tertiary/aromatic N) is 2. The molecule has 1 fully saturated rings. The number of fused-ring (bicyclic) bond motifs is 2. The predicted molar refractivity (Wildman–Crippen MR) is 114 cm³/mol. The summed E-state index contributed by atoms with van der Waals surface area (Å²) in [5.74, 6) is 0.204. The fraction of sp³-hybridized carbons (Fsp3) is 0.524. The van der Waals surface area contributed by atoms with Gasteiger partial charge in [-0.05, 0) is 55.2 Å². The number of rotatable bonds is 3. The lowest BCUT2D eigenvalue weighted by Crippen LogP contribution is -2.60. The Labute approximate surface area is 171 Å². The van der Waals surface area contributed by atoms with Gasteiger partial charge < -0.3 is 19.9 Å². The third kappa shape index (κ3) is 3.02. The summed E-state index contributed by atoms with van der Waals surface area (Å²) in [4.78, 5) is 13.6. The van der Waals surface area contributed by atoms with Crippen LogP contribution in [0.5, 0.6) is 0 Å². The molecule has 0 bridgehead atoms. The number of benzene rings is 1. The molecule has 0 unspecified atom stereocenters. The Morgan fingerprint density at radius 2 is 2.18 bits per heavy atom. The highest BCUT2D eigenvalue weighted by Crippen LogP contribution is 2.49. The molecule has 3 atom stereocenters. The first-order valence-corrected chi connectivity index (χ1v) is 10.1. The largest absolute Gasteiger partial charge is 0.372 e. The highest BCUT2D eigenvalue weighted by Gasteiger charge is 2.51. The molecule has 2 heterocycles. The van der Waals surface area contributed by atoms with E-state index in [1.165, 1.54) is 29.0 Å². The third-order valence-corrected chi connectivity index (χ3v) is 6.62. The SMILES string of the molecule is CO[C@]12C[C@@H](CNC(=S)NC(C)=O)CN(C)[C@@H]1Cc1cn(C)c3cccc2c13. The number of carbonyl (C=O) groups excluding carboxylic acids is 1. The van der Waals surface area contributed by atoms with Crippen LogP contribution >= 0.6 is 12.2 Å². The molecule has 1 aromatic heterocycles. The third-order valence-electron chi connectivity index (χ3n) is 6.38. The van der Waals surface area contributed by atoms with E-state index in [2.05, 4.69) is 58.6 Å². The summed E-state index contributed by atoms with van der Waals surface area (Å²) in [5, 5.41) is 7.58. The zero-order chi connectivity index (χ0) is 20.1. The molecule has 1 saturated heterocycles. The number of amides is 1. The number of likely N-dealkylation sites (tertiary alicyclic amines) is 1. The average molecular weight is 401 g/mol. The average Bonchev–Trinajstić information content (AvgIpc) is 2.97. The van der Waals surface area contributed by atoms with Gasteiger partial charge >= 0.3 is 0 Å². The van der Waals surface area contributed by atoms with Crippen LogP contribution in [0, 0.1) is 5.92 Å². The number of hydrogen-bond acceptors (Lipinski definition) is 4. The topological polar surface area (TPSA) is 58.5 Å². The summed E-state index contributed by atoms with van der Waals surface area (Å²) in [7, 11) is 6.14. The summed E-state index contributed by atoms with van der Waals surface area (Å²) in [6, 6.07) is 6.85. The molecule has 6 nitrogen and oxygen atoms in total. The highest BCUT2D eigenvalue weighted by atomic mass is 32.1. The van der Waals surface area contributed by atoms with E-state index >= 15 is 0 Å². The van der Waals surface area contributed by atoms with Crippen LogP contribution in [0.2, 0.25) is 0 Å². The van der Waals surface area contributed by atoms with E-state index < -0.39 is 0 Å². The molecule has 2 aliphatic rings. The number of ether oxygens (including phenoxy) is 1. The second-order valence-electron chi connectivity index (χ2n) is 8.18. The van der Waals surface area contributed by atoms with Crippen LogP contribution in [-0.2, 0) is 28.6 Å². The van der Waals surface area contributed by atoms with Gasteiger partial charge in [0.25, 0.3) is 0 Å². The molecular weight excluding hydrogens is 372 g/mol. The lowest BCUT2D eigenvalue weighted by Gasteiger charge is -2.53. The standard InChI is InChI=1S/C21H28N4O2S/c1-13(26)23-20(28)22-10-14-9-21(27-4)16-6-5-7-17-19(16)15(12-24(17)2)8-18(21)25(3)11-14/h5-7,12,14,18H,8-11H2,1-4H3,(H2,22,23,26,28)/t14-,18+,21-/m0/s1. The van der Waals surface area contributed by atoms with Gasteiger partial charge in [-0.3, -0.25) is 9.69 Å². The second kappa shape index (κ2) is 7.13. The summed E-state index contributed by atoms with van der Waals surface area (Å²) >= 11 is 5.22. The van der Waals surface area contributed by atoms with Gasteiger partial charge in [-0.2, -0.15) is 0 Å². The van der Waals surface area contributed by atoms with E-state index in [-0.39, 0.29) is 11.5 Å². The number of nitrogens with one attached hydrogen (secondary N) is 2. The maximum atomic E-state index is 11.2. The van der Waals surface area contributed by atoms with Crippen molar-refractivity contribution in [3.8, 4) is 0 Å². The van der Waals surface area contributed by atoms with Crippen molar-refractivity contribution in [3.05, 3.63) is 35.5 Å². The van der Waals surface area contributed by atoms with E-state index in [0.29, 0.717) is 23.6 Å². The summed E-state index contributed by atoms with van der Waals surface area (Å²) in [5.41, 5.74) is 3.61. The number of carbonyl (C=O) groups is 1. The minimum atomic E-state index is -0.344. The van der Waals surface area contributed by atoms with Gasteiger partial charge in [0.2, 0.25) is 5.91 Å². The zero-order valence-electron chi connectivity index (χ0n) is 16.9. The molecule has 150 valence electrons. The Morgan fingerprint density at radius 1 is 1.39 bits per heavy atom. The van der Waals surface area contributed by atoms with E-state index in [1.807, 2.05) is 7.11 Å². The first-order chi connectivity index (χ1) is 13.4. The van der Waals surface area contributed by atoms with Crippen molar-refractivity contribution in [1.29, 1.82) is 0 Å². The van der Waals surface area contributed by atoms with Gasteiger partial charge in [-0.1, -0.05) is 12.1 Å². The highest BCUT2D eigenvalue weighted by molar-refractivity contribution is 7.80. The first-order valence-electron chi connectivity index (χ1n) is 9.74. The molecule has 0 spiro atoms. The molecular formula is C21H28N4O2S. The fourth-order valence-electron chi connectivity index (χ4n) is 5.29. The van der Waals surface area contributed by atoms with Gasteiger partial charge in [-0.15, -0.1) is 0 Å². The van der Waals surface area contributed by atoms with Crippen LogP contribution in [0.1, 0.15) is 24.5 Å². The van der Waals surface area contributed by atoms with Crippen LogP contribution < -0.4 is 10.6 Å². The van der Waals surface area contributed by atoms with Crippen molar-refractivity contribution in [2.45, 2.75) is 31.4 Å². The van der Waals surface area contributed by atoms with E-state index in [1.54, 1.807) is 0 Å². The van der Waals surface area contributed by atoms with Gasteiger partial charge in [-0.25, -0.2) is 0 Å². The maximum Gasteiger partial charge on any atom is 0.222 e. The van der Waals surface area contributed by atoms with Crippen molar-refractivity contribution in [2.24, 2.45) is 13.0 Å². The summed E-state index contributed by atoms with van der Waals surface area (Å²) in [6.45, 7) is 3.13. The Bertz CT molecular complexity index is 940. The van der Waals surface area contributed by atoms with Crippen LogP contribution in [0.3, 0.4) is 0 Å². The molecule has 2 aromatic rings. The first kappa shape index (κ1) is 19.4. The van der Waals surface area contributed by atoms with E-state index in [0.717, 1.165) is 19.4 Å². The number of aryl methyl sites for hydroxylation is 1. The maximum absolute atomic E-state index is 11.2. The monoisotopic (exact) mass is 400 g/mol. The lowest BCUT2D eigenvalue weighted by atomic mass is 9.68. The lowest BCUT2D eigenvalue weighted by molar-refractivity contribution is -0.124. The van der Waals surface area contributed by atoms with Gasteiger partial charge in [0.15, 0.2) is 5.11 Å². The normalized spacial score (nSPS) is 26.7. The van der Waals surface area contributed by atoms with Gasteiger partial charge in [0.05, 0.1) is 0 Å². The van der Waals surface area contributed by atoms with Gasteiger partial charge in [0.1, 0.15) is 5.60 Å².